The van der Waals surface area contributed by atoms with E-state index in [4.69, 9.17) is 14.6 Å². The molecule has 0 spiro atoms. The van der Waals surface area contributed by atoms with Crippen LogP contribution in [0.1, 0.15) is 16.1 Å². The predicted molar refractivity (Wildman–Crippen MR) is 75.3 cm³/mol. The topological polar surface area (TPSA) is 81.5 Å². The summed E-state index contributed by atoms with van der Waals surface area (Å²) in [4.78, 5) is 20.1. The van der Waals surface area contributed by atoms with Crippen molar-refractivity contribution in [1.82, 2.24) is 9.97 Å². The average molecular weight is 304 g/mol. The first-order valence-corrected chi connectivity index (χ1v) is 7.09. The molecule has 0 atom stereocenters. The van der Waals surface area contributed by atoms with E-state index in [1.807, 2.05) is 18.2 Å². The quantitative estimate of drug-likeness (QED) is 0.872. The highest BCUT2D eigenvalue weighted by atomic mass is 32.2. The molecule has 0 saturated heterocycles. The van der Waals surface area contributed by atoms with Crippen LogP contribution in [0.15, 0.2) is 34.4 Å². The Kier molecular flexibility index (Phi) is 3.66. The number of ether oxygens (including phenoxy) is 2. The number of hydrogen-bond donors (Lipinski definition) is 1. The second-order valence-electron chi connectivity index (χ2n) is 4.36. The fourth-order valence-electron chi connectivity index (χ4n) is 1.90. The van der Waals surface area contributed by atoms with Gasteiger partial charge in [0.15, 0.2) is 16.7 Å². The summed E-state index contributed by atoms with van der Waals surface area (Å²) in [7, 11) is 0. The molecule has 0 bridgehead atoms. The zero-order chi connectivity index (χ0) is 14.8. The minimum atomic E-state index is -1.02. The molecule has 3 rings (SSSR count). The van der Waals surface area contributed by atoms with Crippen LogP contribution in [0.4, 0.5) is 0 Å². The molecule has 7 heteroatoms. The van der Waals surface area contributed by atoms with Gasteiger partial charge in [-0.15, -0.1) is 0 Å². The summed E-state index contributed by atoms with van der Waals surface area (Å²) in [5.41, 5.74) is 0.555. The molecule has 0 saturated carbocycles. The van der Waals surface area contributed by atoms with Gasteiger partial charge >= 0.3 is 5.97 Å². The molecule has 6 nitrogen and oxygen atoms in total. The highest BCUT2D eigenvalue weighted by Crippen LogP contribution is 2.35. The highest BCUT2D eigenvalue weighted by molar-refractivity contribution is 7.99. The maximum absolute atomic E-state index is 10.9. The highest BCUT2D eigenvalue weighted by Gasteiger charge is 2.14. The van der Waals surface area contributed by atoms with Crippen molar-refractivity contribution in [3.63, 3.8) is 0 Å². The molecule has 0 unspecified atom stereocenters. The number of aryl methyl sites for hydroxylation is 1. The van der Waals surface area contributed by atoms with Gasteiger partial charge in [0.25, 0.3) is 0 Å². The lowest BCUT2D eigenvalue weighted by Gasteiger charge is -2.18. The first-order chi connectivity index (χ1) is 10.1. The Bertz CT molecular complexity index is 705. The van der Waals surface area contributed by atoms with E-state index in [1.165, 1.54) is 18.0 Å². The van der Waals surface area contributed by atoms with Crippen LogP contribution in [0, 0.1) is 6.92 Å². The predicted octanol–water partition coefficient (Wildman–Crippen LogP) is 2.41. The number of nitrogens with zero attached hydrogens (tertiary/aromatic N) is 2. The lowest BCUT2D eigenvalue weighted by molar-refractivity contribution is 0.0695. The number of hydrogen-bond acceptors (Lipinski definition) is 6. The van der Waals surface area contributed by atoms with Crippen LogP contribution < -0.4 is 9.47 Å². The van der Waals surface area contributed by atoms with E-state index in [-0.39, 0.29) is 5.56 Å². The third-order valence-electron chi connectivity index (χ3n) is 2.91. The van der Waals surface area contributed by atoms with Gasteiger partial charge in [0.2, 0.25) is 0 Å². The number of aromatic carboxylic acids is 1. The molecule has 1 aromatic carbocycles. The molecule has 1 N–H and O–H groups in total. The van der Waals surface area contributed by atoms with Gasteiger partial charge in [0.1, 0.15) is 13.2 Å². The van der Waals surface area contributed by atoms with Crippen molar-refractivity contribution < 1.29 is 19.4 Å². The second kappa shape index (κ2) is 5.61. The van der Waals surface area contributed by atoms with Crippen molar-refractivity contribution in [3.8, 4) is 11.5 Å². The molecule has 1 aliphatic rings. The fraction of sp³-hybridized carbons (Fsp3) is 0.214. The third-order valence-corrected chi connectivity index (χ3v) is 3.78. The molecule has 0 amide bonds. The molecule has 108 valence electrons. The number of rotatable bonds is 3. The normalized spacial score (nSPS) is 13.0. The van der Waals surface area contributed by atoms with Gasteiger partial charge < -0.3 is 14.6 Å². The number of carboxylic acids is 1. The molecule has 1 aliphatic heterocycles. The van der Waals surface area contributed by atoms with Crippen LogP contribution in [0.3, 0.4) is 0 Å². The molecule has 2 aromatic rings. The molecule has 2 heterocycles. The van der Waals surface area contributed by atoms with Gasteiger partial charge in [-0.3, -0.25) is 0 Å². The second-order valence-corrected chi connectivity index (χ2v) is 5.41. The lowest BCUT2D eigenvalue weighted by atomic mass is 10.2. The zero-order valence-corrected chi connectivity index (χ0v) is 12.0. The van der Waals surface area contributed by atoms with Crippen LogP contribution in [-0.4, -0.2) is 34.3 Å². The summed E-state index contributed by atoms with van der Waals surface area (Å²) in [5, 5.41) is 9.46. The average Bonchev–Trinajstić information content (AvgIpc) is 2.47. The standard InChI is InChI=1S/C14H12N2O4S/c1-8-10(13(17)18)7-15-14(16-8)21-9-2-3-11-12(6-9)20-5-4-19-11/h2-3,6-7H,4-5H2,1H3,(H,17,18). The van der Waals surface area contributed by atoms with Crippen molar-refractivity contribution >= 4 is 17.7 Å². The third kappa shape index (κ3) is 2.92. The van der Waals surface area contributed by atoms with Crippen LogP contribution >= 0.6 is 11.8 Å². The van der Waals surface area contributed by atoms with Crippen LogP contribution in [-0.2, 0) is 0 Å². The summed E-state index contributed by atoms with van der Waals surface area (Å²) in [6, 6.07) is 5.60. The number of benzene rings is 1. The Balaban J connectivity index is 1.83. The van der Waals surface area contributed by atoms with Crippen LogP contribution in [0.25, 0.3) is 0 Å². The van der Waals surface area contributed by atoms with E-state index in [9.17, 15) is 4.79 Å². The van der Waals surface area contributed by atoms with E-state index in [2.05, 4.69) is 9.97 Å². The van der Waals surface area contributed by atoms with Crippen LogP contribution in [0.5, 0.6) is 11.5 Å². The Labute approximate surface area is 125 Å². The van der Waals surface area contributed by atoms with Gasteiger partial charge in [-0.2, -0.15) is 0 Å². The van der Waals surface area contributed by atoms with E-state index < -0.39 is 5.97 Å². The maximum Gasteiger partial charge on any atom is 0.339 e. The van der Waals surface area contributed by atoms with E-state index in [0.29, 0.717) is 29.8 Å². The van der Waals surface area contributed by atoms with Gasteiger partial charge in [0, 0.05) is 11.1 Å². The summed E-state index contributed by atoms with van der Waals surface area (Å²) in [6.45, 7) is 2.74. The summed E-state index contributed by atoms with van der Waals surface area (Å²) in [6.07, 6.45) is 1.32. The first-order valence-electron chi connectivity index (χ1n) is 6.28. The van der Waals surface area contributed by atoms with Gasteiger partial charge in [0.05, 0.1) is 11.3 Å². The van der Waals surface area contributed by atoms with E-state index >= 15 is 0 Å². The van der Waals surface area contributed by atoms with Crippen molar-refractivity contribution in [1.29, 1.82) is 0 Å². The largest absolute Gasteiger partial charge is 0.486 e. The smallest absolute Gasteiger partial charge is 0.339 e. The molecule has 0 aliphatic carbocycles. The number of aromatic nitrogens is 2. The summed E-state index contributed by atoms with van der Waals surface area (Å²) in [5.74, 6) is 0.400. The molecular weight excluding hydrogens is 292 g/mol. The van der Waals surface area contributed by atoms with Crippen LogP contribution in [0.2, 0.25) is 0 Å². The SMILES string of the molecule is Cc1nc(Sc2ccc3c(c2)OCCO3)ncc1C(=O)O. The molecule has 0 radical (unpaired) electrons. The van der Waals surface area contributed by atoms with Gasteiger partial charge in [-0.25, -0.2) is 14.8 Å². The Morgan fingerprint density at radius 2 is 2.05 bits per heavy atom. The van der Waals surface area contributed by atoms with Crippen molar-refractivity contribution in [2.75, 3.05) is 13.2 Å². The van der Waals surface area contributed by atoms with E-state index in [0.717, 1.165) is 10.6 Å². The maximum atomic E-state index is 10.9. The number of carbonyl (C=O) groups is 1. The number of fused-ring (bicyclic) bond motifs is 1. The molecular formula is C14H12N2O4S. The van der Waals surface area contributed by atoms with Crippen molar-refractivity contribution in [2.45, 2.75) is 17.0 Å². The first kappa shape index (κ1) is 13.7. The number of carboxylic acid groups (broad SMARTS) is 1. The zero-order valence-electron chi connectivity index (χ0n) is 11.2. The minimum absolute atomic E-state index is 0.113. The Morgan fingerprint density at radius 1 is 1.29 bits per heavy atom. The minimum Gasteiger partial charge on any atom is -0.486 e. The summed E-state index contributed by atoms with van der Waals surface area (Å²) >= 11 is 1.34. The summed E-state index contributed by atoms with van der Waals surface area (Å²) < 4.78 is 11.0. The Morgan fingerprint density at radius 3 is 2.76 bits per heavy atom. The molecule has 1 aromatic heterocycles. The monoisotopic (exact) mass is 304 g/mol. The molecule has 0 fully saturated rings. The van der Waals surface area contributed by atoms with Gasteiger partial charge in [-0.05, 0) is 36.9 Å². The van der Waals surface area contributed by atoms with Gasteiger partial charge in [-0.1, -0.05) is 0 Å². The van der Waals surface area contributed by atoms with Crippen molar-refractivity contribution in [2.24, 2.45) is 0 Å². The van der Waals surface area contributed by atoms with Crippen molar-refractivity contribution in [3.05, 3.63) is 35.7 Å². The Hall–Kier alpha value is -2.28. The lowest BCUT2D eigenvalue weighted by Crippen LogP contribution is -2.15. The van der Waals surface area contributed by atoms with E-state index in [1.54, 1.807) is 6.92 Å². The fourth-order valence-corrected chi connectivity index (χ4v) is 2.70. The molecule has 21 heavy (non-hydrogen) atoms.